The van der Waals surface area contributed by atoms with Crippen LogP contribution in [0, 0.1) is 11.8 Å². The fourth-order valence-electron chi connectivity index (χ4n) is 0.984. The highest BCUT2D eigenvalue weighted by atomic mass is 79.9. The largest absolute Gasteiger partial charge is 0.381 e. The summed E-state index contributed by atoms with van der Waals surface area (Å²) in [5.74, 6) is 1.45. The number of hydrogen-bond acceptors (Lipinski definition) is 1. The molecule has 2 atom stereocenters. The van der Waals surface area contributed by atoms with Crippen molar-refractivity contribution in [2.45, 2.75) is 0 Å². The number of alkyl halides is 2. The second-order valence-electron chi connectivity index (χ2n) is 2.37. The summed E-state index contributed by atoms with van der Waals surface area (Å²) < 4.78 is 5.29. The Labute approximate surface area is 72.4 Å². The Hall–Kier alpha value is 0.920. The maximum absolute atomic E-state index is 5.29. The highest BCUT2D eigenvalue weighted by Gasteiger charge is 2.25. The van der Waals surface area contributed by atoms with Gasteiger partial charge in [0.2, 0.25) is 0 Å². The summed E-state index contributed by atoms with van der Waals surface area (Å²) in [5.41, 5.74) is 0. The average Bonchev–Trinajstić information content (AvgIpc) is 2.33. The van der Waals surface area contributed by atoms with Gasteiger partial charge in [-0.15, -0.1) is 0 Å². The second kappa shape index (κ2) is 3.94. The molecule has 1 rings (SSSR count). The van der Waals surface area contributed by atoms with E-state index in [-0.39, 0.29) is 0 Å². The maximum atomic E-state index is 5.29. The van der Waals surface area contributed by atoms with Gasteiger partial charge >= 0.3 is 0 Å². The Bertz CT molecular complexity index is 77.1. The second-order valence-corrected chi connectivity index (χ2v) is 3.66. The molecule has 0 aromatic rings. The van der Waals surface area contributed by atoms with Crippen LogP contribution in [-0.4, -0.2) is 23.9 Å². The van der Waals surface area contributed by atoms with Gasteiger partial charge in [0.05, 0.1) is 13.2 Å². The van der Waals surface area contributed by atoms with Gasteiger partial charge in [-0.2, -0.15) is 0 Å². The standard InChI is InChI=1S/C6H10Br2O/c7-1-5-3-9-4-6(5)2-8/h5-6H,1-4H2. The van der Waals surface area contributed by atoms with E-state index in [1.54, 1.807) is 0 Å². The Morgan fingerprint density at radius 3 is 1.89 bits per heavy atom. The molecular formula is C6H10Br2O. The first kappa shape index (κ1) is 8.02. The van der Waals surface area contributed by atoms with Crippen molar-refractivity contribution in [1.82, 2.24) is 0 Å². The summed E-state index contributed by atoms with van der Waals surface area (Å²) in [6, 6.07) is 0. The lowest BCUT2D eigenvalue weighted by Gasteiger charge is -2.09. The van der Waals surface area contributed by atoms with Crippen LogP contribution in [0.3, 0.4) is 0 Å². The fraction of sp³-hybridized carbons (Fsp3) is 1.00. The number of rotatable bonds is 2. The summed E-state index contributed by atoms with van der Waals surface area (Å²) in [7, 11) is 0. The number of halogens is 2. The van der Waals surface area contributed by atoms with Crippen molar-refractivity contribution in [2.24, 2.45) is 11.8 Å². The zero-order valence-electron chi connectivity index (χ0n) is 5.15. The van der Waals surface area contributed by atoms with E-state index in [4.69, 9.17) is 4.74 Å². The lowest BCUT2D eigenvalue weighted by molar-refractivity contribution is 0.184. The van der Waals surface area contributed by atoms with Gasteiger partial charge in [-0.25, -0.2) is 0 Å². The summed E-state index contributed by atoms with van der Waals surface area (Å²) in [6.45, 7) is 1.86. The van der Waals surface area contributed by atoms with Gasteiger partial charge in [0.15, 0.2) is 0 Å². The molecule has 1 heterocycles. The summed E-state index contributed by atoms with van der Waals surface area (Å²) >= 11 is 6.91. The lowest BCUT2D eigenvalue weighted by Crippen LogP contribution is -2.14. The molecule has 0 aromatic carbocycles. The van der Waals surface area contributed by atoms with Crippen LogP contribution in [0.15, 0.2) is 0 Å². The zero-order chi connectivity index (χ0) is 6.69. The van der Waals surface area contributed by atoms with E-state index < -0.39 is 0 Å². The third-order valence-corrected chi connectivity index (χ3v) is 3.39. The van der Waals surface area contributed by atoms with Crippen molar-refractivity contribution < 1.29 is 4.74 Å². The summed E-state index contributed by atoms with van der Waals surface area (Å²) in [6.07, 6.45) is 0. The highest BCUT2D eigenvalue weighted by molar-refractivity contribution is 9.09. The minimum atomic E-state index is 0.726. The van der Waals surface area contributed by atoms with E-state index in [0.717, 1.165) is 35.7 Å². The SMILES string of the molecule is BrCC1COCC1CBr. The van der Waals surface area contributed by atoms with Crippen molar-refractivity contribution in [3.63, 3.8) is 0 Å². The van der Waals surface area contributed by atoms with Crippen LogP contribution in [0.4, 0.5) is 0 Å². The van der Waals surface area contributed by atoms with Gasteiger partial charge in [-0.1, -0.05) is 31.9 Å². The number of ether oxygens (including phenoxy) is 1. The Morgan fingerprint density at radius 2 is 1.56 bits per heavy atom. The molecule has 1 fully saturated rings. The molecule has 1 aliphatic rings. The third kappa shape index (κ3) is 1.92. The van der Waals surface area contributed by atoms with Crippen LogP contribution in [-0.2, 0) is 4.74 Å². The van der Waals surface area contributed by atoms with Gasteiger partial charge in [0, 0.05) is 10.7 Å². The van der Waals surface area contributed by atoms with Crippen LogP contribution in [0.25, 0.3) is 0 Å². The zero-order valence-corrected chi connectivity index (χ0v) is 8.32. The topological polar surface area (TPSA) is 9.23 Å². The molecule has 2 unspecified atom stereocenters. The van der Waals surface area contributed by atoms with Crippen molar-refractivity contribution in [3.05, 3.63) is 0 Å². The molecule has 0 N–H and O–H groups in total. The van der Waals surface area contributed by atoms with Gasteiger partial charge in [0.1, 0.15) is 0 Å². The van der Waals surface area contributed by atoms with E-state index in [9.17, 15) is 0 Å². The van der Waals surface area contributed by atoms with Gasteiger partial charge < -0.3 is 4.74 Å². The van der Waals surface area contributed by atoms with Gasteiger partial charge in [-0.05, 0) is 11.8 Å². The van der Waals surface area contributed by atoms with Gasteiger partial charge in [-0.3, -0.25) is 0 Å². The molecule has 0 bridgehead atoms. The molecular weight excluding hydrogens is 248 g/mol. The van der Waals surface area contributed by atoms with E-state index >= 15 is 0 Å². The molecule has 0 spiro atoms. The molecule has 1 saturated heterocycles. The van der Waals surface area contributed by atoms with Crippen LogP contribution in [0.2, 0.25) is 0 Å². The molecule has 9 heavy (non-hydrogen) atoms. The fourth-order valence-corrected chi connectivity index (χ4v) is 2.42. The third-order valence-electron chi connectivity index (χ3n) is 1.73. The molecule has 1 aliphatic heterocycles. The van der Waals surface area contributed by atoms with Crippen LogP contribution in [0.5, 0.6) is 0 Å². The first-order valence-corrected chi connectivity index (χ1v) is 5.32. The normalized spacial score (nSPS) is 35.3. The first-order valence-electron chi connectivity index (χ1n) is 3.08. The van der Waals surface area contributed by atoms with E-state index in [0.29, 0.717) is 0 Å². The van der Waals surface area contributed by atoms with E-state index in [1.165, 1.54) is 0 Å². The quantitative estimate of drug-likeness (QED) is 0.688. The van der Waals surface area contributed by atoms with Crippen LogP contribution in [0.1, 0.15) is 0 Å². The number of hydrogen-bond donors (Lipinski definition) is 0. The van der Waals surface area contributed by atoms with Crippen LogP contribution < -0.4 is 0 Å². The molecule has 0 radical (unpaired) electrons. The van der Waals surface area contributed by atoms with Gasteiger partial charge in [0.25, 0.3) is 0 Å². The minimum absolute atomic E-state index is 0.726. The monoisotopic (exact) mass is 256 g/mol. The van der Waals surface area contributed by atoms with Crippen molar-refractivity contribution in [3.8, 4) is 0 Å². The first-order chi connectivity index (χ1) is 4.38. The predicted molar refractivity (Wildman–Crippen MR) is 45.4 cm³/mol. The predicted octanol–water partition coefficient (Wildman–Crippen LogP) is 2.04. The summed E-state index contributed by atoms with van der Waals surface area (Å²) in [4.78, 5) is 0. The molecule has 3 heteroatoms. The molecule has 0 aromatic heterocycles. The summed E-state index contributed by atoms with van der Waals surface area (Å²) in [5, 5.41) is 2.15. The van der Waals surface area contributed by atoms with Crippen molar-refractivity contribution in [2.75, 3.05) is 23.9 Å². The van der Waals surface area contributed by atoms with Crippen molar-refractivity contribution >= 4 is 31.9 Å². The molecule has 0 saturated carbocycles. The Kier molecular flexibility index (Phi) is 3.51. The Morgan fingerprint density at radius 1 is 1.11 bits per heavy atom. The Balaban J connectivity index is 2.32. The van der Waals surface area contributed by atoms with Crippen molar-refractivity contribution in [1.29, 1.82) is 0 Å². The molecule has 54 valence electrons. The minimum Gasteiger partial charge on any atom is -0.381 e. The van der Waals surface area contributed by atoms with Crippen LogP contribution >= 0.6 is 31.9 Å². The van der Waals surface area contributed by atoms with E-state index in [1.807, 2.05) is 0 Å². The smallest absolute Gasteiger partial charge is 0.0506 e. The lowest BCUT2D eigenvalue weighted by atomic mass is 10.0. The maximum Gasteiger partial charge on any atom is 0.0506 e. The highest BCUT2D eigenvalue weighted by Crippen LogP contribution is 2.23. The molecule has 0 aliphatic carbocycles. The average molecular weight is 258 g/mol. The molecule has 0 amide bonds. The van der Waals surface area contributed by atoms with E-state index in [2.05, 4.69) is 31.9 Å². The molecule has 1 nitrogen and oxygen atoms in total.